The molecule has 0 radical (unpaired) electrons. The van der Waals surface area contributed by atoms with Crippen molar-refractivity contribution in [3.05, 3.63) is 84.4 Å². The van der Waals surface area contributed by atoms with Gasteiger partial charge in [-0.1, -0.05) is 66.7 Å². The van der Waals surface area contributed by atoms with Crippen molar-refractivity contribution in [1.29, 1.82) is 0 Å². The van der Waals surface area contributed by atoms with Gasteiger partial charge in [0.05, 0.1) is 76.7 Å². The number of amides is 6. The van der Waals surface area contributed by atoms with Gasteiger partial charge in [-0.3, -0.25) is 28.8 Å². The lowest BCUT2D eigenvalue weighted by atomic mass is 9.91. The number of nitrogens with two attached hydrogens (primary N) is 1. The van der Waals surface area contributed by atoms with Crippen LogP contribution in [0.3, 0.4) is 0 Å². The van der Waals surface area contributed by atoms with E-state index in [1.54, 1.807) is 18.2 Å². The first-order valence-corrected chi connectivity index (χ1v) is 32.0. The zero-order valence-corrected chi connectivity index (χ0v) is 54.3. The number of methoxy groups -OCH3 is 5. The molecule has 14 N–H and O–H groups in total. The van der Waals surface area contributed by atoms with Gasteiger partial charge in [0, 0.05) is 108 Å². The van der Waals surface area contributed by atoms with Gasteiger partial charge in [-0.25, -0.2) is 37.1 Å². The summed E-state index contributed by atoms with van der Waals surface area (Å²) in [6, 6.07) is 16.2. The number of hydrogen-bond acceptors (Lipinski definition) is 25. The predicted octanol–water partition coefficient (Wildman–Crippen LogP) is -5.03. The Labute approximate surface area is 546 Å². The average molecular weight is 1340 g/mol. The number of nitrogens with one attached hydrogen (secondary N) is 12. The summed E-state index contributed by atoms with van der Waals surface area (Å²) < 4.78 is 55.0. The zero-order valence-electron chi connectivity index (χ0n) is 53.4. The predicted molar refractivity (Wildman–Crippen MR) is 339 cm³/mol. The van der Waals surface area contributed by atoms with Crippen LogP contribution in [0.25, 0.3) is 21.5 Å². The lowest BCUT2D eigenvalue weighted by Gasteiger charge is -2.31. The molecule has 0 spiro atoms. The molecule has 5 fully saturated rings. The third-order valence-electron chi connectivity index (χ3n) is 18.3. The van der Waals surface area contributed by atoms with Crippen LogP contribution in [-0.4, -0.2) is 233 Å². The van der Waals surface area contributed by atoms with Gasteiger partial charge in [-0.15, -0.1) is 0 Å². The van der Waals surface area contributed by atoms with Crippen molar-refractivity contribution < 1.29 is 84.8 Å². The highest BCUT2D eigenvalue weighted by Crippen LogP contribution is 2.33. The summed E-state index contributed by atoms with van der Waals surface area (Å²) in [5.41, 5.74) is -1.35. The molecule has 6 amide bonds. The van der Waals surface area contributed by atoms with Crippen LogP contribution in [0.15, 0.2) is 83.8 Å². The zero-order chi connectivity index (χ0) is 68.8. The Morgan fingerprint density at radius 1 is 0.474 bits per heavy atom. The summed E-state index contributed by atoms with van der Waals surface area (Å²) in [7, 11) is 5.05. The molecule has 5 saturated heterocycles. The Balaban J connectivity index is 0.789. The first-order valence-electron chi connectivity index (χ1n) is 30.5. The summed E-state index contributed by atoms with van der Waals surface area (Å²) in [6.45, 7) is -2.03. The topological polar surface area (TPSA) is 442 Å². The smallest absolute Gasteiger partial charge is 0.332 e. The van der Waals surface area contributed by atoms with Crippen LogP contribution in [0.1, 0.15) is 37.7 Å². The highest BCUT2D eigenvalue weighted by atomic mass is 32.2. The monoisotopic (exact) mass is 1340 g/mol. The van der Waals surface area contributed by atoms with Gasteiger partial charge in [0.25, 0.3) is 0 Å². The number of esters is 5. The molecule has 11 atom stereocenters. The highest BCUT2D eigenvalue weighted by molar-refractivity contribution is 7.89. The number of ether oxygens (including phenoxy) is 5. The maximum atomic E-state index is 14.3. The van der Waals surface area contributed by atoms with E-state index in [4.69, 9.17) is 29.4 Å². The quantitative estimate of drug-likeness (QED) is 0.0177. The van der Waals surface area contributed by atoms with Crippen LogP contribution in [0.4, 0.5) is 5.69 Å². The van der Waals surface area contributed by atoms with E-state index in [1.165, 1.54) is 6.07 Å². The Morgan fingerprint density at radius 2 is 0.832 bits per heavy atom. The number of benzene rings is 4. The van der Waals surface area contributed by atoms with Gasteiger partial charge in [0.2, 0.25) is 45.5 Å². The fraction of sp³-hybridized carbons (Fsp3) is 0.500. The molecule has 5 aliphatic rings. The molecular formula is C62H80N14O18S. The van der Waals surface area contributed by atoms with E-state index in [1.807, 2.05) is 73.6 Å². The molecule has 95 heavy (non-hydrogen) atoms. The molecule has 32 nitrogen and oxygen atoms in total. The Kier molecular flexibility index (Phi) is 21.1. The fourth-order valence-electron chi connectivity index (χ4n) is 13.2. The van der Waals surface area contributed by atoms with Crippen LogP contribution in [0.5, 0.6) is 0 Å². The minimum absolute atomic E-state index is 0.0503. The van der Waals surface area contributed by atoms with Crippen LogP contribution in [0, 0.1) is 0 Å². The van der Waals surface area contributed by atoms with Crippen molar-refractivity contribution in [3.63, 3.8) is 0 Å². The molecule has 9 rings (SSSR count). The minimum atomic E-state index is -4.04. The van der Waals surface area contributed by atoms with Gasteiger partial charge in [0.1, 0.15) is 0 Å². The number of carbonyl (C=O) groups excluding carboxylic acids is 11. The third kappa shape index (κ3) is 14.4. The first-order chi connectivity index (χ1) is 45.2. The molecule has 0 aliphatic carbocycles. The highest BCUT2D eigenvalue weighted by Gasteiger charge is 2.58. The summed E-state index contributed by atoms with van der Waals surface area (Å²) in [5.74, 6) is -9.36. The van der Waals surface area contributed by atoms with Crippen molar-refractivity contribution in [1.82, 2.24) is 63.2 Å². The lowest BCUT2D eigenvalue weighted by Crippen LogP contribution is -2.61. The van der Waals surface area contributed by atoms with E-state index in [0.29, 0.717) is 5.39 Å². The summed E-state index contributed by atoms with van der Waals surface area (Å²) in [4.78, 5) is 154. The van der Waals surface area contributed by atoms with Crippen LogP contribution in [0.2, 0.25) is 0 Å². The van der Waals surface area contributed by atoms with Gasteiger partial charge >= 0.3 is 29.8 Å². The largest absolute Gasteiger partial charge is 0.467 e. The number of anilines is 1. The van der Waals surface area contributed by atoms with E-state index in [0.717, 1.165) is 63.0 Å². The average Bonchev–Trinajstić information content (AvgIpc) is 1.75. The van der Waals surface area contributed by atoms with Gasteiger partial charge < -0.3 is 92.8 Å². The maximum absolute atomic E-state index is 14.3. The molecule has 4 aromatic rings. The number of fused-ring (bicyclic) bond motifs is 2. The van der Waals surface area contributed by atoms with E-state index in [2.05, 4.69) is 63.2 Å². The summed E-state index contributed by atoms with van der Waals surface area (Å²) in [6.07, 6.45) is -1.86. The second-order valence-corrected chi connectivity index (χ2v) is 26.4. The molecule has 0 bridgehead atoms. The van der Waals surface area contributed by atoms with Crippen LogP contribution >= 0.6 is 0 Å². The normalized spacial score (nSPS) is 27.3. The van der Waals surface area contributed by atoms with E-state index in [-0.39, 0.29) is 63.4 Å². The molecule has 5 heterocycles. The van der Waals surface area contributed by atoms with E-state index in [9.17, 15) is 61.2 Å². The Hall–Kier alpha value is -8.96. The Bertz CT molecular complexity index is 3820. The van der Waals surface area contributed by atoms with E-state index < -0.39 is 165 Å². The first kappa shape index (κ1) is 70.4. The number of carbonyl (C=O) groups is 11. The summed E-state index contributed by atoms with van der Waals surface area (Å²) in [5, 5.41) is 33.6. The second-order valence-electron chi connectivity index (χ2n) is 24.7. The minimum Gasteiger partial charge on any atom is -0.467 e. The van der Waals surface area contributed by atoms with Crippen LogP contribution in [-0.2, 0) is 92.9 Å². The molecule has 4 aromatic carbocycles. The summed E-state index contributed by atoms with van der Waals surface area (Å²) >= 11 is 0. The second kappa shape index (κ2) is 28.6. The molecule has 0 unspecified atom stereocenters. The van der Waals surface area contributed by atoms with Gasteiger partial charge in [-0.2, -0.15) is 0 Å². The van der Waals surface area contributed by atoms with Crippen LogP contribution < -0.4 is 73.8 Å². The van der Waals surface area contributed by atoms with Crippen molar-refractivity contribution in [2.24, 2.45) is 5.73 Å². The molecule has 512 valence electrons. The molecular weight excluding hydrogens is 1260 g/mol. The van der Waals surface area contributed by atoms with Gasteiger partial charge in [0.15, 0.2) is 27.7 Å². The molecule has 0 aromatic heterocycles. The van der Waals surface area contributed by atoms with E-state index >= 15 is 0 Å². The number of sulfonamides is 1. The maximum Gasteiger partial charge on any atom is 0.332 e. The lowest BCUT2D eigenvalue weighted by molar-refractivity contribution is -0.152. The number of hydrogen-bond donors (Lipinski definition) is 13. The van der Waals surface area contributed by atoms with Crippen molar-refractivity contribution in [2.75, 3.05) is 100 Å². The Morgan fingerprint density at radius 3 is 1.25 bits per heavy atom. The SMILES string of the molecule is COC(=O)[C@@]1(NC(=O)[C@@H]2C[C@@](NC(=O)[C@@H]3C[C@@](NC(=O)[C@@H]4C[C@@](NC(=O)[C@@H]5C[C@@](NC(=O)[C@@H](N)Cc6cccc7ccccc67)(C(=O)OC)CN5)(C(=O)OC)CN4)(C(=O)OC)CN3)(C(=O)OC)CN2)CN[C@H](C(=O)NCCNS(=O)(=O)c2cccc3c(N(C)C)cccc23)C1. The number of nitrogens with zero attached hydrogens (tertiary/aromatic N) is 1. The van der Waals surface area contributed by atoms with Crippen molar-refractivity contribution >= 4 is 103 Å². The fourth-order valence-corrected chi connectivity index (χ4v) is 14.5. The molecule has 0 saturated carbocycles. The van der Waals surface area contributed by atoms with Crippen molar-refractivity contribution in [3.8, 4) is 0 Å². The van der Waals surface area contributed by atoms with Crippen molar-refractivity contribution in [2.45, 2.75) is 107 Å². The third-order valence-corrected chi connectivity index (χ3v) is 19.8. The van der Waals surface area contributed by atoms with Gasteiger partial charge in [-0.05, 0) is 34.9 Å². The number of rotatable bonds is 24. The standard InChI is InChI=1S/C62H80N14O18S/c1-76(2)45-19-11-18-38-37(45)17-12-20-46(38)95(88,89)70-22-21-64-48(78)40-24-59(30-65-40,54(84)91-4)72-50(80)42-26-61(32-67-42,56(86)93-6)74-52(82)44-28-62(33-69-44,57(87)94-7)75-51(81)43-27-60(31-68-43,55(85)92-5)73-49(79)41-25-58(29-66-41,53(83)90-3)71-47(77)39(63)23-35-15-10-14-34-13-8-9-16-36(34)35/h8-20,39-44,65-70H,21-33,63H2,1-7H3,(H,64,78)(H,71,77)(H,72,80)(H,73,79)(H,74,82)(H,75,81)/t39-,40-,41-,42-,43-,44-,58-,59-,60-,61-,62-/m0/s1. The molecule has 33 heteroatoms. The molecule has 5 aliphatic heterocycles.